The van der Waals surface area contributed by atoms with Crippen molar-refractivity contribution in [2.24, 2.45) is 5.92 Å². The molecule has 66 valence electrons. The third kappa shape index (κ3) is 2.23. The van der Waals surface area contributed by atoms with Gasteiger partial charge in [-0.2, -0.15) is 0 Å². The average molecular weight is 170 g/mol. The van der Waals surface area contributed by atoms with E-state index in [1.165, 1.54) is 6.92 Å². The molecule has 0 amide bonds. The van der Waals surface area contributed by atoms with Crippen LogP contribution in [-0.2, 0) is 9.59 Å². The van der Waals surface area contributed by atoms with E-state index < -0.39 is 5.92 Å². The summed E-state index contributed by atoms with van der Waals surface area (Å²) in [7, 11) is 0. The van der Waals surface area contributed by atoms with Crippen LogP contribution in [0.5, 0.6) is 0 Å². The van der Waals surface area contributed by atoms with Crippen molar-refractivity contribution in [1.29, 1.82) is 0 Å². The molecule has 12 heavy (non-hydrogen) atoms. The Hall–Kier alpha value is -1.58. The highest BCUT2D eigenvalue weighted by Crippen LogP contribution is 2.15. The highest BCUT2D eigenvalue weighted by Gasteiger charge is 2.13. The zero-order valence-electron chi connectivity index (χ0n) is 6.60. The number of carbonyl (C=O) groups is 2. The van der Waals surface area contributed by atoms with Crippen LogP contribution in [0.3, 0.4) is 0 Å². The van der Waals surface area contributed by atoms with E-state index in [4.69, 9.17) is 10.2 Å². The summed E-state index contributed by atoms with van der Waals surface area (Å²) in [4.78, 5) is 20.5. The molecular weight excluding hydrogens is 160 g/mol. The van der Waals surface area contributed by atoms with E-state index in [1.54, 1.807) is 0 Å². The molecule has 0 aromatic rings. The minimum Gasteiger partial charge on any atom is -0.515 e. The SMILES string of the molecule is CC(/C(C=O)=C/O)/C(C=O)=C/O. The van der Waals surface area contributed by atoms with E-state index in [2.05, 4.69) is 0 Å². The van der Waals surface area contributed by atoms with Gasteiger partial charge in [0.1, 0.15) is 12.6 Å². The number of hydrogen-bond acceptors (Lipinski definition) is 4. The minimum atomic E-state index is -0.588. The van der Waals surface area contributed by atoms with Crippen LogP contribution in [0, 0.1) is 5.92 Å². The van der Waals surface area contributed by atoms with Gasteiger partial charge in [0.2, 0.25) is 0 Å². The number of allylic oxidation sites excluding steroid dienone is 2. The molecular formula is C8H10O4. The van der Waals surface area contributed by atoms with Crippen molar-refractivity contribution in [3.63, 3.8) is 0 Å². The summed E-state index contributed by atoms with van der Waals surface area (Å²) in [6.45, 7) is 1.52. The number of rotatable bonds is 4. The zero-order valence-corrected chi connectivity index (χ0v) is 6.60. The summed E-state index contributed by atoms with van der Waals surface area (Å²) in [5.41, 5.74) is 0.0878. The molecule has 0 aromatic heterocycles. The van der Waals surface area contributed by atoms with Gasteiger partial charge in [-0.25, -0.2) is 0 Å². The molecule has 0 aliphatic heterocycles. The molecule has 0 fully saturated rings. The van der Waals surface area contributed by atoms with Crippen LogP contribution < -0.4 is 0 Å². The molecule has 0 heterocycles. The van der Waals surface area contributed by atoms with Crippen molar-refractivity contribution < 1.29 is 19.8 Å². The molecule has 0 radical (unpaired) electrons. The Balaban J connectivity index is 4.67. The third-order valence-electron chi connectivity index (χ3n) is 1.57. The van der Waals surface area contributed by atoms with Crippen molar-refractivity contribution in [3.05, 3.63) is 23.7 Å². The van der Waals surface area contributed by atoms with Crippen molar-refractivity contribution in [2.45, 2.75) is 6.92 Å². The van der Waals surface area contributed by atoms with Gasteiger partial charge < -0.3 is 10.2 Å². The van der Waals surface area contributed by atoms with E-state index in [0.717, 1.165) is 0 Å². The van der Waals surface area contributed by atoms with Crippen LogP contribution in [0.1, 0.15) is 6.92 Å². The fourth-order valence-corrected chi connectivity index (χ4v) is 0.681. The van der Waals surface area contributed by atoms with Gasteiger partial charge in [0, 0.05) is 17.1 Å². The number of aliphatic hydroxyl groups excluding tert-OH is 2. The Morgan fingerprint density at radius 3 is 1.58 bits per heavy atom. The first-order valence-electron chi connectivity index (χ1n) is 3.30. The lowest BCUT2D eigenvalue weighted by Gasteiger charge is -2.07. The van der Waals surface area contributed by atoms with Crippen LogP contribution in [0.4, 0.5) is 0 Å². The van der Waals surface area contributed by atoms with Gasteiger partial charge >= 0.3 is 0 Å². The first-order chi connectivity index (χ1) is 5.71. The molecule has 0 aromatic carbocycles. The van der Waals surface area contributed by atoms with Gasteiger partial charge in [0.25, 0.3) is 0 Å². The summed E-state index contributed by atoms with van der Waals surface area (Å²) >= 11 is 0. The summed E-state index contributed by atoms with van der Waals surface area (Å²) < 4.78 is 0. The Labute approximate surface area is 69.8 Å². The smallest absolute Gasteiger partial charge is 0.149 e. The number of aldehydes is 2. The second-order valence-corrected chi connectivity index (χ2v) is 2.22. The van der Waals surface area contributed by atoms with Crippen molar-refractivity contribution in [2.75, 3.05) is 0 Å². The molecule has 4 heteroatoms. The van der Waals surface area contributed by atoms with E-state index in [-0.39, 0.29) is 11.1 Å². The van der Waals surface area contributed by atoms with Gasteiger partial charge in [0.05, 0.1) is 12.5 Å². The van der Waals surface area contributed by atoms with Crippen LogP contribution >= 0.6 is 0 Å². The molecule has 0 atom stereocenters. The molecule has 0 saturated heterocycles. The Morgan fingerprint density at radius 1 is 1.08 bits per heavy atom. The topological polar surface area (TPSA) is 74.6 Å². The Morgan fingerprint density at radius 2 is 1.42 bits per heavy atom. The van der Waals surface area contributed by atoms with E-state index in [0.29, 0.717) is 25.1 Å². The molecule has 2 N–H and O–H groups in total. The predicted molar refractivity (Wildman–Crippen MR) is 42.7 cm³/mol. The van der Waals surface area contributed by atoms with Gasteiger partial charge in [-0.15, -0.1) is 0 Å². The minimum absolute atomic E-state index is 0.0439. The van der Waals surface area contributed by atoms with Crippen molar-refractivity contribution in [1.82, 2.24) is 0 Å². The van der Waals surface area contributed by atoms with Crippen molar-refractivity contribution in [3.8, 4) is 0 Å². The highest BCUT2D eigenvalue weighted by atomic mass is 16.2. The average Bonchev–Trinajstić information content (AvgIpc) is 2.09. The molecule has 0 spiro atoms. The lowest BCUT2D eigenvalue weighted by atomic mass is 9.96. The van der Waals surface area contributed by atoms with E-state index >= 15 is 0 Å². The van der Waals surface area contributed by atoms with Crippen LogP contribution in [-0.4, -0.2) is 22.8 Å². The highest BCUT2D eigenvalue weighted by molar-refractivity contribution is 5.81. The maximum Gasteiger partial charge on any atom is 0.149 e. The first kappa shape index (κ1) is 10.4. The second kappa shape index (κ2) is 5.12. The summed E-state index contributed by atoms with van der Waals surface area (Å²) in [5.74, 6) is -0.588. The quantitative estimate of drug-likeness (QED) is 0.373. The van der Waals surface area contributed by atoms with Gasteiger partial charge in [-0.1, -0.05) is 6.92 Å². The van der Waals surface area contributed by atoms with Gasteiger partial charge in [-0.05, 0) is 0 Å². The lowest BCUT2D eigenvalue weighted by molar-refractivity contribution is -0.105. The lowest BCUT2D eigenvalue weighted by Crippen LogP contribution is -2.06. The fraction of sp³-hybridized carbons (Fsp3) is 0.250. The summed E-state index contributed by atoms with van der Waals surface area (Å²) in [5, 5.41) is 17.0. The molecule has 0 bridgehead atoms. The van der Waals surface area contributed by atoms with Crippen LogP contribution in [0.25, 0.3) is 0 Å². The monoisotopic (exact) mass is 170 g/mol. The van der Waals surface area contributed by atoms with E-state index in [9.17, 15) is 9.59 Å². The molecule has 0 aliphatic carbocycles. The fourth-order valence-electron chi connectivity index (χ4n) is 0.681. The zero-order chi connectivity index (χ0) is 9.56. The molecule has 0 aliphatic rings. The predicted octanol–water partition coefficient (Wildman–Crippen LogP) is 0.904. The molecule has 0 rings (SSSR count). The van der Waals surface area contributed by atoms with Gasteiger partial charge in [0.15, 0.2) is 0 Å². The maximum atomic E-state index is 10.3. The number of aliphatic hydroxyl groups is 2. The third-order valence-corrected chi connectivity index (χ3v) is 1.57. The normalized spacial score (nSPS) is 13.2. The molecule has 4 nitrogen and oxygen atoms in total. The molecule has 0 unspecified atom stereocenters. The Bertz CT molecular complexity index is 203. The second-order valence-electron chi connectivity index (χ2n) is 2.22. The number of carbonyl (C=O) groups excluding carboxylic acids is 2. The van der Waals surface area contributed by atoms with Gasteiger partial charge in [-0.3, -0.25) is 9.59 Å². The summed E-state index contributed by atoms with van der Waals surface area (Å²) in [6.07, 6.45) is 2.09. The van der Waals surface area contributed by atoms with Crippen molar-refractivity contribution >= 4 is 12.6 Å². The molecule has 0 saturated carbocycles. The number of hydrogen-bond donors (Lipinski definition) is 2. The maximum absolute atomic E-state index is 10.3. The Kier molecular flexibility index (Phi) is 4.45. The largest absolute Gasteiger partial charge is 0.515 e. The summed E-state index contributed by atoms with van der Waals surface area (Å²) in [6, 6.07) is 0. The van der Waals surface area contributed by atoms with Crippen LogP contribution in [0.2, 0.25) is 0 Å². The van der Waals surface area contributed by atoms with Crippen LogP contribution in [0.15, 0.2) is 23.7 Å². The van der Waals surface area contributed by atoms with E-state index in [1.807, 2.05) is 0 Å². The standard InChI is InChI=1S/C8H10O4/c1-6(7(2-9)3-10)8(4-11)5-12/h2-6,9,11H,1H3/b7-2+,8-4+. The first-order valence-corrected chi connectivity index (χ1v) is 3.30.